The number of rotatable bonds is 0. The van der Waals surface area contributed by atoms with E-state index in [-0.39, 0.29) is 5.48 Å². The average molecular weight is 120 g/mol. The molecule has 0 bridgehead atoms. The second-order valence-electron chi connectivity index (χ2n) is 2.24. The first-order chi connectivity index (χ1) is 3.39. The Kier molecular flexibility index (Phi) is 3.79. The van der Waals surface area contributed by atoms with Crippen molar-refractivity contribution < 1.29 is 9.87 Å². The van der Waals surface area contributed by atoms with Gasteiger partial charge in [0.05, 0.1) is 0 Å². The highest BCUT2D eigenvalue weighted by atomic mass is 19.1. The van der Waals surface area contributed by atoms with Gasteiger partial charge in [-0.15, -0.1) is 0 Å². The zero-order chi connectivity index (χ0) is 5.11. The summed E-state index contributed by atoms with van der Waals surface area (Å²) >= 11 is 0. The van der Waals surface area contributed by atoms with Crippen LogP contribution in [0.5, 0.6) is 0 Å². The van der Waals surface area contributed by atoms with Crippen LogP contribution in [-0.4, -0.2) is 11.6 Å². The minimum atomic E-state index is -0.464. The molecule has 1 fully saturated rings. The van der Waals surface area contributed by atoms with Gasteiger partial charge >= 0.3 is 0 Å². The van der Waals surface area contributed by atoms with E-state index < -0.39 is 6.17 Å². The highest BCUT2D eigenvalue weighted by Gasteiger charge is 2.09. The van der Waals surface area contributed by atoms with Crippen LogP contribution in [0.4, 0.5) is 4.39 Å². The molecule has 0 atom stereocenters. The van der Waals surface area contributed by atoms with Gasteiger partial charge in [-0.2, -0.15) is 0 Å². The minimum absolute atomic E-state index is 0. The maximum atomic E-state index is 12.2. The topological polar surface area (TPSA) is 31.5 Å². The third kappa shape index (κ3) is 2.26. The quantitative estimate of drug-likeness (QED) is 0.463. The van der Waals surface area contributed by atoms with Crippen molar-refractivity contribution in [3.8, 4) is 0 Å². The predicted molar refractivity (Wildman–Crippen MR) is 31.6 cm³/mol. The molecule has 0 radical (unpaired) electrons. The summed E-state index contributed by atoms with van der Waals surface area (Å²) in [5.41, 5.74) is 0. The Morgan fingerprint density at radius 1 is 1.00 bits per heavy atom. The third-order valence-corrected chi connectivity index (χ3v) is 1.53. The molecule has 8 heavy (non-hydrogen) atoms. The van der Waals surface area contributed by atoms with Crippen LogP contribution in [0.2, 0.25) is 0 Å². The average Bonchev–Trinajstić information content (AvgIpc) is 1.69. The van der Waals surface area contributed by atoms with Crippen molar-refractivity contribution in [2.75, 3.05) is 0 Å². The Bertz CT molecular complexity index is 50.5. The molecule has 0 amide bonds. The van der Waals surface area contributed by atoms with Crippen molar-refractivity contribution in [2.45, 2.75) is 38.3 Å². The monoisotopic (exact) mass is 120 g/mol. The van der Waals surface area contributed by atoms with Crippen LogP contribution >= 0.6 is 0 Å². The van der Waals surface area contributed by atoms with Crippen molar-refractivity contribution in [3.05, 3.63) is 0 Å². The van der Waals surface area contributed by atoms with Crippen molar-refractivity contribution in [1.29, 1.82) is 0 Å². The molecule has 0 aliphatic heterocycles. The summed E-state index contributed by atoms with van der Waals surface area (Å²) in [5, 5.41) is 0. The molecule has 2 heteroatoms. The molecule has 1 aliphatic carbocycles. The Labute approximate surface area is 49.2 Å². The van der Waals surface area contributed by atoms with Gasteiger partial charge in [-0.1, -0.05) is 19.3 Å². The summed E-state index contributed by atoms with van der Waals surface area (Å²) in [5.74, 6) is 0. The standard InChI is InChI=1S/C6H11F.H2O/c7-6-4-2-1-3-5-6;/h6H,1-5H2;1H2. The zero-order valence-electron chi connectivity index (χ0n) is 4.99. The molecule has 1 nitrogen and oxygen atoms in total. The zero-order valence-corrected chi connectivity index (χ0v) is 4.99. The van der Waals surface area contributed by atoms with Crippen molar-refractivity contribution in [2.24, 2.45) is 0 Å². The van der Waals surface area contributed by atoms with Crippen molar-refractivity contribution in [3.63, 3.8) is 0 Å². The fraction of sp³-hybridized carbons (Fsp3) is 1.00. The molecule has 1 rings (SSSR count). The SMILES string of the molecule is FC1CCCCC1.O. The lowest BCUT2D eigenvalue weighted by molar-refractivity contribution is 0.251. The van der Waals surface area contributed by atoms with E-state index in [1.807, 2.05) is 0 Å². The predicted octanol–water partition coefficient (Wildman–Crippen LogP) is 1.46. The van der Waals surface area contributed by atoms with E-state index in [2.05, 4.69) is 0 Å². The minimum Gasteiger partial charge on any atom is -0.412 e. The highest BCUT2D eigenvalue weighted by molar-refractivity contribution is 4.62. The summed E-state index contributed by atoms with van der Waals surface area (Å²) in [4.78, 5) is 0. The third-order valence-electron chi connectivity index (χ3n) is 1.53. The fourth-order valence-electron chi connectivity index (χ4n) is 1.05. The van der Waals surface area contributed by atoms with Crippen molar-refractivity contribution >= 4 is 0 Å². The molecule has 0 aromatic carbocycles. The molecule has 0 heterocycles. The van der Waals surface area contributed by atoms with Crippen LogP contribution in [0.15, 0.2) is 0 Å². The first-order valence-electron chi connectivity index (χ1n) is 3.03. The number of hydrogen-bond acceptors (Lipinski definition) is 0. The van der Waals surface area contributed by atoms with E-state index >= 15 is 0 Å². The van der Waals surface area contributed by atoms with Crippen LogP contribution in [0.25, 0.3) is 0 Å². The molecule has 0 aromatic heterocycles. The number of alkyl halides is 1. The van der Waals surface area contributed by atoms with Crippen molar-refractivity contribution in [1.82, 2.24) is 0 Å². The lowest BCUT2D eigenvalue weighted by Crippen LogP contribution is -2.04. The summed E-state index contributed by atoms with van der Waals surface area (Å²) in [6.07, 6.45) is 4.65. The first-order valence-corrected chi connectivity index (χ1v) is 3.03. The van der Waals surface area contributed by atoms with Crippen LogP contribution in [0, 0.1) is 0 Å². The largest absolute Gasteiger partial charge is 0.412 e. The van der Waals surface area contributed by atoms with Gasteiger partial charge in [0.15, 0.2) is 0 Å². The van der Waals surface area contributed by atoms with Gasteiger partial charge in [-0.3, -0.25) is 0 Å². The molecule has 0 unspecified atom stereocenters. The smallest absolute Gasteiger partial charge is 0.100 e. The summed E-state index contributed by atoms with van der Waals surface area (Å²) < 4.78 is 12.2. The van der Waals surface area contributed by atoms with E-state index in [0.29, 0.717) is 0 Å². The van der Waals surface area contributed by atoms with Crippen LogP contribution < -0.4 is 0 Å². The van der Waals surface area contributed by atoms with E-state index in [1.54, 1.807) is 0 Å². The maximum Gasteiger partial charge on any atom is 0.100 e. The Hall–Kier alpha value is -0.110. The molecule has 0 aromatic rings. The van der Waals surface area contributed by atoms with Gasteiger partial charge in [0, 0.05) is 0 Å². The van der Waals surface area contributed by atoms with E-state index in [9.17, 15) is 4.39 Å². The summed E-state index contributed by atoms with van der Waals surface area (Å²) in [7, 11) is 0. The van der Waals surface area contributed by atoms with E-state index in [0.717, 1.165) is 25.7 Å². The van der Waals surface area contributed by atoms with E-state index in [4.69, 9.17) is 0 Å². The second kappa shape index (κ2) is 3.84. The second-order valence-corrected chi connectivity index (χ2v) is 2.24. The lowest BCUT2D eigenvalue weighted by atomic mass is 9.99. The van der Waals surface area contributed by atoms with Crippen LogP contribution in [0.3, 0.4) is 0 Å². The number of hydrogen-bond donors (Lipinski definition) is 0. The first kappa shape index (κ1) is 7.89. The Morgan fingerprint density at radius 3 is 1.75 bits per heavy atom. The fourth-order valence-corrected chi connectivity index (χ4v) is 1.05. The summed E-state index contributed by atoms with van der Waals surface area (Å²) in [6, 6.07) is 0. The van der Waals surface area contributed by atoms with Gasteiger partial charge in [0.25, 0.3) is 0 Å². The molecule has 2 N–H and O–H groups in total. The van der Waals surface area contributed by atoms with Gasteiger partial charge in [-0.25, -0.2) is 4.39 Å². The molecule has 50 valence electrons. The molecule has 0 spiro atoms. The van der Waals surface area contributed by atoms with Crippen LogP contribution in [0.1, 0.15) is 32.1 Å². The number of halogens is 1. The highest BCUT2D eigenvalue weighted by Crippen LogP contribution is 2.19. The normalized spacial score (nSPS) is 22.1. The van der Waals surface area contributed by atoms with E-state index in [1.165, 1.54) is 6.42 Å². The van der Waals surface area contributed by atoms with Crippen LogP contribution in [-0.2, 0) is 0 Å². The van der Waals surface area contributed by atoms with Gasteiger partial charge in [0.1, 0.15) is 6.17 Å². The molecule has 0 saturated heterocycles. The Morgan fingerprint density at radius 2 is 1.50 bits per heavy atom. The lowest BCUT2D eigenvalue weighted by Gasteiger charge is -2.12. The van der Waals surface area contributed by atoms with Gasteiger partial charge < -0.3 is 5.48 Å². The Balaban J connectivity index is 0.000000490. The molecule has 1 saturated carbocycles. The van der Waals surface area contributed by atoms with Gasteiger partial charge in [-0.05, 0) is 12.8 Å². The van der Waals surface area contributed by atoms with Gasteiger partial charge in [0.2, 0.25) is 0 Å². The molecular weight excluding hydrogens is 107 g/mol. The molecular formula is C6H13FO. The summed E-state index contributed by atoms with van der Waals surface area (Å²) in [6.45, 7) is 0. The maximum absolute atomic E-state index is 12.2. The molecule has 1 aliphatic rings.